The third-order valence-corrected chi connectivity index (χ3v) is 4.40. The molecule has 2 aliphatic carbocycles. The molecule has 0 aliphatic heterocycles. The van der Waals surface area contributed by atoms with Gasteiger partial charge in [-0.05, 0) is 56.4 Å². The fraction of sp³-hybridized carbons (Fsp3) is 0.625. The van der Waals surface area contributed by atoms with Crippen LogP contribution in [0.3, 0.4) is 0 Å². The number of halogens is 1. The highest BCUT2D eigenvalue weighted by Crippen LogP contribution is 2.48. The molecule has 114 valence electrons. The summed E-state index contributed by atoms with van der Waals surface area (Å²) < 4.78 is 13.4. The summed E-state index contributed by atoms with van der Waals surface area (Å²) in [5.41, 5.74) is 0.294. The minimum absolute atomic E-state index is 0.232. The number of amides is 1. The van der Waals surface area contributed by atoms with E-state index < -0.39 is 5.82 Å². The molecule has 2 N–H and O–H groups in total. The molecule has 2 aliphatic rings. The number of hydrogen-bond acceptors (Lipinski definition) is 3. The van der Waals surface area contributed by atoms with E-state index in [1.807, 2.05) is 6.92 Å². The van der Waals surface area contributed by atoms with Gasteiger partial charge in [-0.15, -0.1) is 0 Å². The predicted molar refractivity (Wildman–Crippen MR) is 79.6 cm³/mol. The van der Waals surface area contributed by atoms with E-state index in [1.54, 1.807) is 0 Å². The van der Waals surface area contributed by atoms with Crippen molar-refractivity contribution in [2.45, 2.75) is 32.6 Å². The molecular weight excluding hydrogens is 269 g/mol. The normalized spacial score (nSPS) is 17.9. The highest BCUT2D eigenvalue weighted by molar-refractivity contribution is 5.98. The topological polar surface area (TPSA) is 54.0 Å². The Balaban J connectivity index is 1.65. The maximum absolute atomic E-state index is 13.4. The second-order valence-electron chi connectivity index (χ2n) is 6.13. The molecule has 3 rings (SSSR count). The summed E-state index contributed by atoms with van der Waals surface area (Å²) in [5, 5.41) is 5.99. The minimum Gasteiger partial charge on any atom is -0.370 e. The molecule has 0 unspecified atom stereocenters. The SMILES string of the molecule is CCNc1ncc(F)cc1C(=O)NCC(C1CC1)C1CC1. The number of rotatable bonds is 7. The van der Waals surface area contributed by atoms with Crippen LogP contribution in [-0.4, -0.2) is 24.0 Å². The standard InChI is InChI=1S/C16H22FN3O/c1-2-18-15-13(7-12(17)8-19-15)16(21)20-9-14(10-3-4-10)11-5-6-11/h7-8,10-11,14H,2-6,9H2,1H3,(H,18,19)(H,20,21). The van der Waals surface area contributed by atoms with Gasteiger partial charge < -0.3 is 10.6 Å². The zero-order chi connectivity index (χ0) is 14.8. The third kappa shape index (κ3) is 3.52. The number of carbonyl (C=O) groups is 1. The van der Waals surface area contributed by atoms with Crippen molar-refractivity contribution in [2.75, 3.05) is 18.4 Å². The second kappa shape index (κ2) is 6.00. The van der Waals surface area contributed by atoms with Crippen LogP contribution in [0.25, 0.3) is 0 Å². The molecule has 0 spiro atoms. The number of hydrogen-bond donors (Lipinski definition) is 2. The van der Waals surface area contributed by atoms with Crippen LogP contribution < -0.4 is 10.6 Å². The van der Waals surface area contributed by atoms with E-state index in [4.69, 9.17) is 0 Å². The Morgan fingerprint density at radius 2 is 2.05 bits per heavy atom. The van der Waals surface area contributed by atoms with Gasteiger partial charge in [-0.3, -0.25) is 4.79 Å². The maximum Gasteiger partial charge on any atom is 0.255 e. The number of aromatic nitrogens is 1. The molecule has 1 aromatic heterocycles. The van der Waals surface area contributed by atoms with Crippen LogP contribution in [0.2, 0.25) is 0 Å². The third-order valence-electron chi connectivity index (χ3n) is 4.40. The van der Waals surface area contributed by atoms with E-state index in [1.165, 1.54) is 31.7 Å². The van der Waals surface area contributed by atoms with Crippen LogP contribution in [0, 0.1) is 23.6 Å². The predicted octanol–water partition coefficient (Wildman–Crippen LogP) is 2.82. The van der Waals surface area contributed by atoms with Gasteiger partial charge >= 0.3 is 0 Å². The molecule has 5 heteroatoms. The Morgan fingerprint density at radius 1 is 1.38 bits per heavy atom. The molecule has 0 aromatic carbocycles. The van der Waals surface area contributed by atoms with Gasteiger partial charge in [0.2, 0.25) is 0 Å². The molecule has 0 radical (unpaired) electrons. The van der Waals surface area contributed by atoms with Gasteiger partial charge in [0.05, 0.1) is 11.8 Å². The van der Waals surface area contributed by atoms with Crippen LogP contribution in [0.5, 0.6) is 0 Å². The van der Waals surface area contributed by atoms with Crippen molar-refractivity contribution in [1.82, 2.24) is 10.3 Å². The number of anilines is 1. The molecule has 0 saturated heterocycles. The Hall–Kier alpha value is -1.65. The smallest absolute Gasteiger partial charge is 0.255 e. The first kappa shape index (κ1) is 14.3. The van der Waals surface area contributed by atoms with Crippen LogP contribution >= 0.6 is 0 Å². The molecule has 2 fully saturated rings. The molecule has 2 saturated carbocycles. The van der Waals surface area contributed by atoms with E-state index in [9.17, 15) is 9.18 Å². The van der Waals surface area contributed by atoms with Crippen molar-refractivity contribution >= 4 is 11.7 Å². The van der Waals surface area contributed by atoms with Gasteiger partial charge in [-0.1, -0.05) is 0 Å². The maximum atomic E-state index is 13.4. The van der Waals surface area contributed by atoms with Gasteiger partial charge in [0.25, 0.3) is 5.91 Å². The quantitative estimate of drug-likeness (QED) is 0.812. The minimum atomic E-state index is -0.484. The summed E-state index contributed by atoms with van der Waals surface area (Å²) in [5.74, 6) is 1.92. The van der Waals surface area contributed by atoms with E-state index in [0.29, 0.717) is 30.4 Å². The van der Waals surface area contributed by atoms with Gasteiger partial charge in [0.15, 0.2) is 0 Å². The molecule has 0 atom stereocenters. The van der Waals surface area contributed by atoms with Crippen LogP contribution in [-0.2, 0) is 0 Å². The van der Waals surface area contributed by atoms with Gasteiger partial charge in [0, 0.05) is 13.1 Å². The van der Waals surface area contributed by atoms with E-state index >= 15 is 0 Å². The molecule has 21 heavy (non-hydrogen) atoms. The van der Waals surface area contributed by atoms with Gasteiger partial charge in [-0.25, -0.2) is 9.37 Å². The van der Waals surface area contributed by atoms with Crippen LogP contribution in [0.4, 0.5) is 10.2 Å². The Labute approximate surface area is 124 Å². The fourth-order valence-electron chi connectivity index (χ4n) is 2.99. The number of carbonyl (C=O) groups excluding carboxylic acids is 1. The largest absolute Gasteiger partial charge is 0.370 e. The Bertz CT molecular complexity index is 514. The first-order chi connectivity index (χ1) is 10.2. The van der Waals surface area contributed by atoms with E-state index in [2.05, 4.69) is 15.6 Å². The molecule has 0 bridgehead atoms. The Morgan fingerprint density at radius 3 is 2.62 bits per heavy atom. The number of nitrogens with zero attached hydrogens (tertiary/aromatic N) is 1. The lowest BCUT2D eigenvalue weighted by Gasteiger charge is -2.17. The number of nitrogens with one attached hydrogen (secondary N) is 2. The van der Waals surface area contributed by atoms with Crippen molar-refractivity contribution < 1.29 is 9.18 Å². The summed E-state index contributed by atoms with van der Waals surface area (Å²) in [7, 11) is 0. The van der Waals surface area contributed by atoms with Crippen molar-refractivity contribution in [3.63, 3.8) is 0 Å². The molecule has 1 amide bonds. The zero-order valence-electron chi connectivity index (χ0n) is 12.4. The van der Waals surface area contributed by atoms with Crippen molar-refractivity contribution in [2.24, 2.45) is 17.8 Å². The molecular formula is C16H22FN3O. The van der Waals surface area contributed by atoms with E-state index in [0.717, 1.165) is 18.0 Å². The molecule has 4 nitrogen and oxygen atoms in total. The van der Waals surface area contributed by atoms with Gasteiger partial charge in [0.1, 0.15) is 11.6 Å². The lowest BCUT2D eigenvalue weighted by Crippen LogP contribution is -2.32. The summed E-state index contributed by atoms with van der Waals surface area (Å²) in [6, 6.07) is 1.25. The lowest BCUT2D eigenvalue weighted by atomic mass is 9.98. The monoisotopic (exact) mass is 291 g/mol. The van der Waals surface area contributed by atoms with Crippen LogP contribution in [0.15, 0.2) is 12.3 Å². The number of pyridine rings is 1. The molecule has 1 aromatic rings. The van der Waals surface area contributed by atoms with E-state index in [-0.39, 0.29) is 5.91 Å². The fourth-order valence-corrected chi connectivity index (χ4v) is 2.99. The van der Waals surface area contributed by atoms with Crippen molar-refractivity contribution in [1.29, 1.82) is 0 Å². The average molecular weight is 291 g/mol. The van der Waals surface area contributed by atoms with Crippen molar-refractivity contribution in [3.05, 3.63) is 23.6 Å². The highest BCUT2D eigenvalue weighted by atomic mass is 19.1. The Kier molecular flexibility index (Phi) is 4.08. The highest BCUT2D eigenvalue weighted by Gasteiger charge is 2.41. The van der Waals surface area contributed by atoms with Gasteiger partial charge in [-0.2, -0.15) is 0 Å². The second-order valence-corrected chi connectivity index (χ2v) is 6.13. The summed E-state index contributed by atoms with van der Waals surface area (Å²) >= 11 is 0. The summed E-state index contributed by atoms with van der Waals surface area (Å²) in [6.07, 6.45) is 6.30. The summed E-state index contributed by atoms with van der Waals surface area (Å²) in [4.78, 5) is 16.3. The zero-order valence-corrected chi connectivity index (χ0v) is 12.4. The van der Waals surface area contributed by atoms with Crippen molar-refractivity contribution in [3.8, 4) is 0 Å². The first-order valence-electron chi connectivity index (χ1n) is 7.86. The first-order valence-corrected chi connectivity index (χ1v) is 7.86. The van der Waals surface area contributed by atoms with Crippen LogP contribution in [0.1, 0.15) is 43.0 Å². The lowest BCUT2D eigenvalue weighted by molar-refractivity contribution is 0.0943. The molecule has 1 heterocycles. The summed E-state index contributed by atoms with van der Waals surface area (Å²) in [6.45, 7) is 3.27. The average Bonchev–Trinajstić information content (AvgIpc) is 3.34.